The second-order valence-electron chi connectivity index (χ2n) is 4.75. The number of anilines is 1. The van der Waals surface area contributed by atoms with E-state index in [-0.39, 0.29) is 11.7 Å². The number of carbonyl (C=O) groups is 1. The van der Waals surface area contributed by atoms with E-state index in [1.54, 1.807) is 18.0 Å². The van der Waals surface area contributed by atoms with Gasteiger partial charge in [-0.2, -0.15) is 0 Å². The molecule has 1 aliphatic heterocycles. The number of para-hydroxylation sites is 1. The summed E-state index contributed by atoms with van der Waals surface area (Å²) in [5, 5.41) is 6.15. The lowest BCUT2D eigenvalue weighted by Gasteiger charge is -2.16. The molecule has 0 aliphatic carbocycles. The van der Waals surface area contributed by atoms with Crippen LogP contribution in [0.4, 0.5) is 5.69 Å². The van der Waals surface area contributed by atoms with Gasteiger partial charge in [-0.25, -0.2) is 9.97 Å². The maximum atomic E-state index is 12.3. The van der Waals surface area contributed by atoms with E-state index in [0.717, 1.165) is 41.4 Å². The van der Waals surface area contributed by atoms with Crippen LogP contribution in [0.25, 0.3) is 0 Å². The molecule has 1 aliphatic rings. The van der Waals surface area contributed by atoms with Crippen LogP contribution in [0, 0.1) is 0 Å². The molecule has 0 saturated carbocycles. The first-order valence-electron chi connectivity index (χ1n) is 6.78. The predicted octanol–water partition coefficient (Wildman–Crippen LogP) is 2.10. The highest BCUT2D eigenvalue weighted by Gasteiger charge is 2.16. The number of aromatic nitrogens is 2. The molecule has 108 valence electrons. The van der Waals surface area contributed by atoms with Gasteiger partial charge in [-0.3, -0.25) is 4.79 Å². The number of nitrogens with zero attached hydrogens (tertiary/aromatic N) is 2. The molecule has 1 amide bonds. The summed E-state index contributed by atoms with van der Waals surface area (Å²) in [6.07, 6.45) is 4.55. The van der Waals surface area contributed by atoms with Crippen LogP contribution in [-0.4, -0.2) is 28.7 Å². The van der Waals surface area contributed by atoms with Crippen molar-refractivity contribution in [2.75, 3.05) is 18.1 Å². The fourth-order valence-corrected chi connectivity index (χ4v) is 2.83. The summed E-state index contributed by atoms with van der Waals surface area (Å²) in [7, 11) is 0. The third kappa shape index (κ3) is 3.06. The van der Waals surface area contributed by atoms with Crippen LogP contribution in [0.3, 0.4) is 0 Å². The number of amides is 1. The van der Waals surface area contributed by atoms with Gasteiger partial charge in [-0.1, -0.05) is 12.1 Å². The molecule has 0 bridgehead atoms. The van der Waals surface area contributed by atoms with Gasteiger partial charge in [-0.05, 0) is 18.4 Å². The monoisotopic (exact) mass is 300 g/mol. The Hall–Kier alpha value is -1.92. The van der Waals surface area contributed by atoms with Crippen molar-refractivity contribution in [2.45, 2.75) is 17.9 Å². The van der Waals surface area contributed by atoms with Crippen molar-refractivity contribution in [3.63, 3.8) is 0 Å². The maximum absolute atomic E-state index is 12.3. The van der Waals surface area contributed by atoms with Gasteiger partial charge in [0.15, 0.2) is 0 Å². The van der Waals surface area contributed by atoms with Crippen molar-refractivity contribution in [3.8, 4) is 0 Å². The van der Waals surface area contributed by atoms with E-state index in [2.05, 4.69) is 20.6 Å². The quantitative estimate of drug-likeness (QED) is 0.850. The molecule has 6 heteroatoms. The number of nitrogens with one attached hydrogen (secondary N) is 2. The highest BCUT2D eigenvalue weighted by atomic mass is 32.2. The van der Waals surface area contributed by atoms with Gasteiger partial charge >= 0.3 is 0 Å². The van der Waals surface area contributed by atoms with E-state index < -0.39 is 0 Å². The largest absolute Gasteiger partial charge is 0.318 e. The van der Waals surface area contributed by atoms with Gasteiger partial charge in [0.25, 0.3) is 5.91 Å². The van der Waals surface area contributed by atoms with Gasteiger partial charge in [0.2, 0.25) is 5.82 Å². The lowest BCUT2D eigenvalue weighted by atomic mass is 10.1. The molecule has 2 aromatic rings. The molecular weight excluding hydrogens is 284 g/mol. The molecule has 3 rings (SSSR count). The number of benzene rings is 1. The van der Waals surface area contributed by atoms with E-state index in [1.807, 2.05) is 30.5 Å². The number of hydrogen-bond acceptors (Lipinski definition) is 5. The number of carbonyl (C=O) groups excluding carboxylic acids is 1. The molecule has 2 heterocycles. The summed E-state index contributed by atoms with van der Waals surface area (Å²) in [6.45, 7) is 1.66. The van der Waals surface area contributed by atoms with E-state index in [4.69, 9.17) is 0 Å². The molecule has 1 aromatic carbocycles. The maximum Gasteiger partial charge on any atom is 0.293 e. The second-order valence-corrected chi connectivity index (χ2v) is 5.59. The number of thioether (sulfide) groups is 1. The minimum Gasteiger partial charge on any atom is -0.318 e. The highest BCUT2D eigenvalue weighted by Crippen LogP contribution is 2.24. The van der Waals surface area contributed by atoms with Crippen molar-refractivity contribution in [2.24, 2.45) is 0 Å². The van der Waals surface area contributed by atoms with Crippen LogP contribution in [0.1, 0.15) is 21.9 Å². The Balaban J connectivity index is 1.82. The first-order chi connectivity index (χ1) is 10.3. The fraction of sp³-hybridized carbons (Fsp3) is 0.267. The minimum absolute atomic E-state index is 0.228. The molecule has 1 aromatic heterocycles. The molecule has 0 unspecified atom stereocenters. The van der Waals surface area contributed by atoms with Gasteiger partial charge < -0.3 is 10.6 Å². The Labute approximate surface area is 127 Å². The Morgan fingerprint density at radius 3 is 3.10 bits per heavy atom. The minimum atomic E-state index is -0.266. The SMILES string of the molecule is CSc1ccccc1NC(=O)c1ncc2c(n1)CCNC2. The number of rotatable bonds is 3. The zero-order chi connectivity index (χ0) is 14.7. The molecule has 2 N–H and O–H groups in total. The van der Waals surface area contributed by atoms with E-state index in [1.165, 1.54) is 0 Å². The van der Waals surface area contributed by atoms with E-state index >= 15 is 0 Å². The summed E-state index contributed by atoms with van der Waals surface area (Å²) in [4.78, 5) is 21.9. The van der Waals surface area contributed by atoms with Crippen molar-refractivity contribution < 1.29 is 4.79 Å². The molecule has 0 fully saturated rings. The van der Waals surface area contributed by atoms with Gasteiger partial charge in [-0.15, -0.1) is 11.8 Å². The molecule has 0 spiro atoms. The Kier molecular flexibility index (Phi) is 4.17. The third-order valence-electron chi connectivity index (χ3n) is 3.37. The first-order valence-corrected chi connectivity index (χ1v) is 8.00. The highest BCUT2D eigenvalue weighted by molar-refractivity contribution is 7.98. The van der Waals surface area contributed by atoms with Crippen molar-refractivity contribution in [3.05, 3.63) is 47.5 Å². The normalized spacial score (nSPS) is 13.6. The topological polar surface area (TPSA) is 66.9 Å². The average Bonchev–Trinajstić information content (AvgIpc) is 2.55. The summed E-state index contributed by atoms with van der Waals surface area (Å²) < 4.78 is 0. The molecule has 21 heavy (non-hydrogen) atoms. The molecule has 5 nitrogen and oxygen atoms in total. The summed E-state index contributed by atoms with van der Waals surface area (Å²) in [6, 6.07) is 7.70. The molecule has 0 saturated heterocycles. The fourth-order valence-electron chi connectivity index (χ4n) is 2.27. The smallest absolute Gasteiger partial charge is 0.293 e. The lowest BCUT2D eigenvalue weighted by molar-refractivity contribution is 0.101. The number of fused-ring (bicyclic) bond motifs is 1. The van der Waals surface area contributed by atoms with Crippen LogP contribution in [0.5, 0.6) is 0 Å². The second kappa shape index (κ2) is 6.24. The average molecular weight is 300 g/mol. The Morgan fingerprint density at radius 1 is 1.38 bits per heavy atom. The Morgan fingerprint density at radius 2 is 2.24 bits per heavy atom. The van der Waals surface area contributed by atoms with Crippen LogP contribution in [0.2, 0.25) is 0 Å². The number of hydrogen-bond donors (Lipinski definition) is 2. The lowest BCUT2D eigenvalue weighted by Crippen LogP contribution is -2.26. The van der Waals surface area contributed by atoms with Gasteiger partial charge in [0.05, 0.1) is 11.4 Å². The van der Waals surface area contributed by atoms with E-state index in [0.29, 0.717) is 0 Å². The van der Waals surface area contributed by atoms with Gasteiger partial charge in [0.1, 0.15) is 0 Å². The van der Waals surface area contributed by atoms with Crippen LogP contribution >= 0.6 is 11.8 Å². The molecule has 0 radical (unpaired) electrons. The molecule has 0 atom stereocenters. The summed E-state index contributed by atoms with van der Waals surface area (Å²) in [5.41, 5.74) is 2.83. The van der Waals surface area contributed by atoms with Crippen LogP contribution < -0.4 is 10.6 Å². The third-order valence-corrected chi connectivity index (χ3v) is 4.16. The predicted molar refractivity (Wildman–Crippen MR) is 83.6 cm³/mol. The van der Waals surface area contributed by atoms with Crippen molar-refractivity contribution in [1.29, 1.82) is 0 Å². The van der Waals surface area contributed by atoms with Crippen molar-refractivity contribution in [1.82, 2.24) is 15.3 Å². The first kappa shape index (κ1) is 14.0. The Bertz CT molecular complexity index is 674. The van der Waals surface area contributed by atoms with Crippen LogP contribution in [-0.2, 0) is 13.0 Å². The van der Waals surface area contributed by atoms with E-state index in [9.17, 15) is 4.79 Å². The summed E-state index contributed by atoms with van der Waals surface area (Å²) in [5.74, 6) is -0.0376. The zero-order valence-electron chi connectivity index (χ0n) is 11.7. The van der Waals surface area contributed by atoms with Crippen LogP contribution in [0.15, 0.2) is 35.4 Å². The van der Waals surface area contributed by atoms with Gasteiger partial charge in [0, 0.05) is 36.2 Å². The molecular formula is C15H16N4OS. The zero-order valence-corrected chi connectivity index (χ0v) is 12.5. The van der Waals surface area contributed by atoms with Crippen molar-refractivity contribution >= 4 is 23.4 Å². The standard InChI is InChI=1S/C15H16N4OS/c1-21-13-5-3-2-4-12(13)19-15(20)14-17-9-10-8-16-7-6-11(10)18-14/h2-5,9,16H,6-8H2,1H3,(H,19,20). The summed E-state index contributed by atoms with van der Waals surface area (Å²) >= 11 is 1.59.